The number of amides is 1. The van der Waals surface area contributed by atoms with Gasteiger partial charge in [-0.25, -0.2) is 4.98 Å². The monoisotopic (exact) mass is 245 g/mol. The summed E-state index contributed by atoms with van der Waals surface area (Å²) in [4.78, 5) is 15.7. The van der Waals surface area contributed by atoms with Gasteiger partial charge < -0.3 is 15.5 Å². The molecule has 0 aromatic carbocycles. The Morgan fingerprint density at radius 1 is 1.39 bits per heavy atom. The van der Waals surface area contributed by atoms with Gasteiger partial charge in [-0.1, -0.05) is 0 Å². The normalized spacial score (nSPS) is 10.3. The molecule has 5 heteroatoms. The van der Waals surface area contributed by atoms with Gasteiger partial charge in [-0.15, -0.1) is 0 Å². The zero-order valence-electron chi connectivity index (χ0n) is 10.1. The summed E-state index contributed by atoms with van der Waals surface area (Å²) >= 11 is 0. The van der Waals surface area contributed by atoms with Crippen molar-refractivity contribution in [3.63, 3.8) is 0 Å². The highest BCUT2D eigenvalue weighted by atomic mass is 16.3. The summed E-state index contributed by atoms with van der Waals surface area (Å²) in [5, 5.41) is 2.70. The van der Waals surface area contributed by atoms with Gasteiger partial charge in [0.1, 0.15) is 17.3 Å². The molecule has 0 aliphatic rings. The van der Waals surface area contributed by atoms with Crippen LogP contribution in [0.15, 0.2) is 34.9 Å². The van der Waals surface area contributed by atoms with Crippen molar-refractivity contribution in [3.8, 4) is 0 Å². The molecule has 0 saturated carbocycles. The number of hydrogen-bond acceptors (Lipinski definition) is 4. The Morgan fingerprint density at radius 2 is 2.22 bits per heavy atom. The topological polar surface area (TPSA) is 81.2 Å². The molecule has 0 aliphatic carbocycles. The van der Waals surface area contributed by atoms with Gasteiger partial charge in [0.25, 0.3) is 0 Å². The minimum Gasteiger partial charge on any atom is -0.466 e. The van der Waals surface area contributed by atoms with Crippen LogP contribution in [-0.4, -0.2) is 10.9 Å². The van der Waals surface area contributed by atoms with Crippen molar-refractivity contribution < 1.29 is 9.21 Å². The second-order valence-electron chi connectivity index (χ2n) is 4.04. The Labute approximate surface area is 105 Å². The van der Waals surface area contributed by atoms with Crippen LogP contribution in [-0.2, 0) is 11.2 Å². The van der Waals surface area contributed by atoms with Crippen molar-refractivity contribution in [2.24, 2.45) is 0 Å². The van der Waals surface area contributed by atoms with Gasteiger partial charge in [0.05, 0.1) is 11.9 Å². The zero-order chi connectivity index (χ0) is 13.0. The SMILES string of the molecule is Cc1ccc(CCC(=O)Nc2ccc(N)cn2)o1. The molecule has 2 aromatic rings. The number of furan rings is 1. The van der Waals surface area contributed by atoms with Crippen LogP contribution in [0.2, 0.25) is 0 Å². The van der Waals surface area contributed by atoms with E-state index in [2.05, 4.69) is 10.3 Å². The average Bonchev–Trinajstić information content (AvgIpc) is 2.76. The number of nitrogens with two attached hydrogens (primary N) is 1. The minimum atomic E-state index is -0.0960. The van der Waals surface area contributed by atoms with Crippen molar-refractivity contribution >= 4 is 17.4 Å². The highest BCUT2D eigenvalue weighted by Gasteiger charge is 2.06. The van der Waals surface area contributed by atoms with Crippen LogP contribution in [0, 0.1) is 6.92 Å². The number of carbonyl (C=O) groups is 1. The van der Waals surface area contributed by atoms with Gasteiger partial charge in [-0.05, 0) is 31.2 Å². The summed E-state index contributed by atoms with van der Waals surface area (Å²) in [6, 6.07) is 7.13. The molecule has 0 fully saturated rings. The van der Waals surface area contributed by atoms with Crippen molar-refractivity contribution in [2.45, 2.75) is 19.8 Å². The first-order chi connectivity index (χ1) is 8.63. The third kappa shape index (κ3) is 3.35. The van der Waals surface area contributed by atoms with E-state index in [1.165, 1.54) is 6.20 Å². The van der Waals surface area contributed by atoms with Crippen molar-refractivity contribution in [2.75, 3.05) is 11.1 Å². The molecule has 0 radical (unpaired) electrons. The minimum absolute atomic E-state index is 0.0960. The number of rotatable bonds is 4. The molecule has 0 spiro atoms. The van der Waals surface area contributed by atoms with Crippen molar-refractivity contribution in [3.05, 3.63) is 42.0 Å². The molecular weight excluding hydrogens is 230 g/mol. The molecule has 0 bridgehead atoms. The number of aromatic nitrogens is 1. The molecule has 2 aromatic heterocycles. The summed E-state index contributed by atoms with van der Waals surface area (Å²) in [5.41, 5.74) is 6.08. The number of nitrogen functional groups attached to an aromatic ring is 1. The molecule has 2 heterocycles. The highest BCUT2D eigenvalue weighted by Crippen LogP contribution is 2.10. The van der Waals surface area contributed by atoms with Crippen LogP contribution < -0.4 is 11.1 Å². The van der Waals surface area contributed by atoms with Crippen LogP contribution in [0.1, 0.15) is 17.9 Å². The molecule has 94 valence electrons. The van der Waals surface area contributed by atoms with E-state index in [9.17, 15) is 4.79 Å². The Morgan fingerprint density at radius 3 is 2.83 bits per heavy atom. The average molecular weight is 245 g/mol. The van der Waals surface area contributed by atoms with Gasteiger partial charge in [0, 0.05) is 12.8 Å². The summed E-state index contributed by atoms with van der Waals surface area (Å²) < 4.78 is 5.39. The van der Waals surface area contributed by atoms with Crippen molar-refractivity contribution in [1.29, 1.82) is 0 Å². The fourth-order valence-electron chi connectivity index (χ4n) is 1.54. The van der Waals surface area contributed by atoms with Crippen LogP contribution in [0.3, 0.4) is 0 Å². The fourth-order valence-corrected chi connectivity index (χ4v) is 1.54. The van der Waals surface area contributed by atoms with Crippen LogP contribution in [0.25, 0.3) is 0 Å². The molecule has 3 N–H and O–H groups in total. The molecule has 0 unspecified atom stereocenters. The summed E-state index contributed by atoms with van der Waals surface area (Å²) in [6.45, 7) is 1.88. The quantitative estimate of drug-likeness (QED) is 0.864. The Kier molecular flexibility index (Phi) is 3.62. The maximum Gasteiger partial charge on any atom is 0.225 e. The van der Waals surface area contributed by atoms with Gasteiger partial charge in [-0.2, -0.15) is 0 Å². The molecule has 0 aliphatic heterocycles. The molecular formula is C13H15N3O2. The summed E-state index contributed by atoms with van der Waals surface area (Å²) in [5.74, 6) is 2.07. The zero-order valence-corrected chi connectivity index (χ0v) is 10.1. The molecule has 18 heavy (non-hydrogen) atoms. The maximum absolute atomic E-state index is 11.7. The number of anilines is 2. The van der Waals surface area contributed by atoms with E-state index in [1.54, 1.807) is 12.1 Å². The lowest BCUT2D eigenvalue weighted by atomic mass is 10.2. The second-order valence-corrected chi connectivity index (χ2v) is 4.04. The van der Waals surface area contributed by atoms with E-state index in [0.717, 1.165) is 11.5 Å². The highest BCUT2D eigenvalue weighted by molar-refractivity contribution is 5.89. The Balaban J connectivity index is 1.83. The fraction of sp³-hybridized carbons (Fsp3) is 0.231. The number of pyridine rings is 1. The largest absolute Gasteiger partial charge is 0.466 e. The standard InChI is InChI=1S/C13H15N3O2/c1-9-2-4-11(18-9)5-7-13(17)16-12-6-3-10(14)8-15-12/h2-4,6,8H,5,7,14H2,1H3,(H,15,16,17). The summed E-state index contributed by atoms with van der Waals surface area (Å²) in [6.07, 6.45) is 2.44. The van der Waals surface area contributed by atoms with Crippen LogP contribution in [0.4, 0.5) is 11.5 Å². The Hall–Kier alpha value is -2.30. The van der Waals surface area contributed by atoms with Gasteiger partial charge in [0.2, 0.25) is 5.91 Å². The first-order valence-corrected chi connectivity index (χ1v) is 5.70. The van der Waals surface area contributed by atoms with E-state index in [1.807, 2.05) is 19.1 Å². The lowest BCUT2D eigenvalue weighted by Gasteiger charge is -2.03. The smallest absolute Gasteiger partial charge is 0.225 e. The molecule has 0 atom stereocenters. The predicted molar refractivity (Wildman–Crippen MR) is 69.0 cm³/mol. The molecule has 5 nitrogen and oxygen atoms in total. The molecule has 0 saturated heterocycles. The van der Waals surface area contributed by atoms with E-state index < -0.39 is 0 Å². The van der Waals surface area contributed by atoms with E-state index in [-0.39, 0.29) is 5.91 Å². The number of nitrogens with one attached hydrogen (secondary N) is 1. The third-order valence-electron chi connectivity index (χ3n) is 2.45. The van der Waals surface area contributed by atoms with Crippen LogP contribution >= 0.6 is 0 Å². The third-order valence-corrected chi connectivity index (χ3v) is 2.45. The lowest BCUT2D eigenvalue weighted by molar-refractivity contribution is -0.116. The van der Waals surface area contributed by atoms with E-state index >= 15 is 0 Å². The van der Waals surface area contributed by atoms with E-state index in [0.29, 0.717) is 24.3 Å². The number of nitrogens with zero attached hydrogens (tertiary/aromatic N) is 1. The van der Waals surface area contributed by atoms with Gasteiger partial charge >= 0.3 is 0 Å². The van der Waals surface area contributed by atoms with Crippen LogP contribution in [0.5, 0.6) is 0 Å². The lowest BCUT2D eigenvalue weighted by Crippen LogP contribution is -2.13. The second kappa shape index (κ2) is 5.35. The Bertz CT molecular complexity index is 531. The van der Waals surface area contributed by atoms with E-state index in [4.69, 9.17) is 10.2 Å². The van der Waals surface area contributed by atoms with Crippen molar-refractivity contribution in [1.82, 2.24) is 4.98 Å². The molecule has 2 rings (SSSR count). The number of aryl methyl sites for hydroxylation is 2. The van der Waals surface area contributed by atoms with Gasteiger partial charge in [-0.3, -0.25) is 4.79 Å². The number of hydrogen-bond donors (Lipinski definition) is 2. The first-order valence-electron chi connectivity index (χ1n) is 5.70. The molecule has 1 amide bonds. The van der Waals surface area contributed by atoms with Gasteiger partial charge in [0.15, 0.2) is 0 Å². The maximum atomic E-state index is 11.7. The predicted octanol–water partition coefficient (Wildman–Crippen LogP) is 2.14. The summed E-state index contributed by atoms with van der Waals surface area (Å²) in [7, 11) is 0. The number of carbonyl (C=O) groups excluding carboxylic acids is 1. The first kappa shape index (κ1) is 12.2.